The van der Waals surface area contributed by atoms with Crippen LogP contribution < -0.4 is 5.32 Å². The van der Waals surface area contributed by atoms with Gasteiger partial charge < -0.3 is 14.8 Å². The summed E-state index contributed by atoms with van der Waals surface area (Å²) in [6.07, 6.45) is 0. The lowest BCUT2D eigenvalue weighted by Crippen LogP contribution is -2.07. The van der Waals surface area contributed by atoms with Crippen molar-refractivity contribution in [1.29, 1.82) is 0 Å². The monoisotopic (exact) mass is 282 g/mol. The minimum atomic E-state index is -1.52. The number of carboxylic acids is 1. The maximum atomic E-state index is 13.7. The average Bonchev–Trinajstić information content (AvgIpc) is 2.70. The summed E-state index contributed by atoms with van der Waals surface area (Å²) >= 11 is 0. The minimum Gasteiger partial charge on any atom is -0.478 e. The van der Waals surface area contributed by atoms with Crippen LogP contribution in [0.4, 0.5) is 14.5 Å². The molecular formula is C13H12F2N2O3. The molecule has 0 saturated heterocycles. The van der Waals surface area contributed by atoms with Crippen molar-refractivity contribution in [3.05, 3.63) is 46.7 Å². The van der Waals surface area contributed by atoms with Gasteiger partial charge in [0.15, 0.2) is 11.6 Å². The summed E-state index contributed by atoms with van der Waals surface area (Å²) in [5.41, 5.74) is -0.147. The van der Waals surface area contributed by atoms with E-state index in [1.165, 1.54) is 0 Å². The number of hydrogen-bond donors (Lipinski definition) is 2. The standard InChI is InChI=1S/C13H12F2N2O3/c1-6-7(2)20-10(17-6)5-16-9-4-3-8(13(18)19)11(14)12(9)15/h3-4,16H,5H2,1-2H3,(H,18,19). The predicted octanol–water partition coefficient (Wildman–Crippen LogP) is 2.88. The molecule has 0 fully saturated rings. The summed E-state index contributed by atoms with van der Waals surface area (Å²) in [6.45, 7) is 3.58. The molecule has 2 rings (SSSR count). The number of aromatic nitrogens is 1. The second kappa shape index (κ2) is 5.28. The number of carbonyl (C=O) groups is 1. The Morgan fingerprint density at radius 3 is 2.60 bits per heavy atom. The van der Waals surface area contributed by atoms with Crippen LogP contribution in [0.5, 0.6) is 0 Å². The quantitative estimate of drug-likeness (QED) is 0.901. The number of carboxylic acid groups (broad SMARTS) is 1. The van der Waals surface area contributed by atoms with Crippen LogP contribution in [0.2, 0.25) is 0 Å². The van der Waals surface area contributed by atoms with Crippen LogP contribution in [0.25, 0.3) is 0 Å². The van der Waals surface area contributed by atoms with E-state index in [9.17, 15) is 13.6 Å². The fourth-order valence-electron chi connectivity index (χ4n) is 1.64. The van der Waals surface area contributed by atoms with Gasteiger partial charge in [-0.2, -0.15) is 0 Å². The highest BCUT2D eigenvalue weighted by Gasteiger charge is 2.18. The number of oxazole rings is 1. The van der Waals surface area contributed by atoms with Gasteiger partial charge in [-0.25, -0.2) is 18.6 Å². The van der Waals surface area contributed by atoms with Crippen LogP contribution in [0.15, 0.2) is 16.5 Å². The van der Waals surface area contributed by atoms with Gasteiger partial charge in [-0.1, -0.05) is 0 Å². The number of rotatable bonds is 4. The fourth-order valence-corrected chi connectivity index (χ4v) is 1.64. The molecule has 0 aliphatic rings. The Kier molecular flexibility index (Phi) is 3.69. The van der Waals surface area contributed by atoms with Crippen molar-refractivity contribution in [2.24, 2.45) is 0 Å². The van der Waals surface area contributed by atoms with E-state index in [4.69, 9.17) is 9.52 Å². The second-order valence-electron chi connectivity index (χ2n) is 4.20. The summed E-state index contributed by atoms with van der Waals surface area (Å²) in [7, 11) is 0. The maximum absolute atomic E-state index is 13.7. The van der Waals surface area contributed by atoms with Crippen molar-refractivity contribution >= 4 is 11.7 Å². The zero-order valence-electron chi connectivity index (χ0n) is 10.8. The number of halogens is 2. The van der Waals surface area contributed by atoms with Crippen molar-refractivity contribution < 1.29 is 23.1 Å². The first-order valence-corrected chi connectivity index (χ1v) is 5.78. The Morgan fingerprint density at radius 2 is 2.05 bits per heavy atom. The molecule has 1 heterocycles. The summed E-state index contributed by atoms with van der Waals surface area (Å²) in [4.78, 5) is 14.7. The molecular weight excluding hydrogens is 270 g/mol. The maximum Gasteiger partial charge on any atom is 0.338 e. The molecule has 0 bridgehead atoms. The number of anilines is 1. The molecule has 0 radical (unpaired) electrons. The molecule has 0 saturated carbocycles. The van der Waals surface area contributed by atoms with Gasteiger partial charge in [0, 0.05) is 0 Å². The van der Waals surface area contributed by atoms with E-state index in [2.05, 4.69) is 10.3 Å². The van der Waals surface area contributed by atoms with Gasteiger partial charge >= 0.3 is 5.97 Å². The molecule has 0 unspecified atom stereocenters. The second-order valence-corrected chi connectivity index (χ2v) is 4.20. The smallest absolute Gasteiger partial charge is 0.338 e. The van der Waals surface area contributed by atoms with Crippen LogP contribution in [0, 0.1) is 25.5 Å². The van der Waals surface area contributed by atoms with Crippen molar-refractivity contribution in [2.75, 3.05) is 5.32 Å². The van der Waals surface area contributed by atoms with Crippen molar-refractivity contribution in [3.8, 4) is 0 Å². The number of nitrogens with zero attached hydrogens (tertiary/aromatic N) is 1. The van der Waals surface area contributed by atoms with E-state index in [0.29, 0.717) is 11.7 Å². The molecule has 0 atom stereocenters. The molecule has 0 amide bonds. The highest BCUT2D eigenvalue weighted by Crippen LogP contribution is 2.21. The van der Waals surface area contributed by atoms with E-state index in [-0.39, 0.29) is 12.2 Å². The molecule has 1 aromatic carbocycles. The van der Waals surface area contributed by atoms with Gasteiger partial charge in [0.05, 0.1) is 23.5 Å². The van der Waals surface area contributed by atoms with Crippen LogP contribution >= 0.6 is 0 Å². The third-order valence-corrected chi connectivity index (χ3v) is 2.82. The highest BCUT2D eigenvalue weighted by molar-refractivity contribution is 5.88. The SMILES string of the molecule is Cc1nc(CNc2ccc(C(=O)O)c(F)c2F)oc1C. The molecule has 5 nitrogen and oxygen atoms in total. The predicted molar refractivity (Wildman–Crippen MR) is 66.6 cm³/mol. The van der Waals surface area contributed by atoms with Crippen LogP contribution in [-0.4, -0.2) is 16.1 Å². The Balaban J connectivity index is 2.18. The van der Waals surface area contributed by atoms with Crippen LogP contribution in [0.1, 0.15) is 27.7 Å². The van der Waals surface area contributed by atoms with E-state index >= 15 is 0 Å². The first-order valence-electron chi connectivity index (χ1n) is 5.78. The van der Waals surface area contributed by atoms with Crippen LogP contribution in [0.3, 0.4) is 0 Å². The fraction of sp³-hybridized carbons (Fsp3) is 0.231. The normalized spacial score (nSPS) is 10.6. The lowest BCUT2D eigenvalue weighted by atomic mass is 10.2. The lowest BCUT2D eigenvalue weighted by Gasteiger charge is -2.07. The van der Waals surface area contributed by atoms with Crippen LogP contribution in [-0.2, 0) is 6.54 Å². The number of aryl methyl sites for hydroxylation is 2. The molecule has 106 valence electrons. The molecule has 7 heteroatoms. The number of benzene rings is 1. The van der Waals surface area contributed by atoms with E-state index in [1.807, 2.05) is 0 Å². The Bertz CT molecular complexity index is 648. The molecule has 20 heavy (non-hydrogen) atoms. The first kappa shape index (κ1) is 14.0. The third-order valence-electron chi connectivity index (χ3n) is 2.82. The van der Waals surface area contributed by atoms with Gasteiger partial charge in [0.25, 0.3) is 0 Å². The average molecular weight is 282 g/mol. The molecule has 2 aromatic rings. The van der Waals surface area contributed by atoms with E-state index < -0.39 is 23.2 Å². The Hall–Kier alpha value is -2.44. The molecule has 0 aliphatic heterocycles. The number of aromatic carboxylic acids is 1. The van der Waals surface area contributed by atoms with Gasteiger partial charge in [0.2, 0.25) is 5.89 Å². The van der Waals surface area contributed by atoms with E-state index in [1.54, 1.807) is 13.8 Å². The molecule has 1 aromatic heterocycles. The van der Waals surface area contributed by atoms with E-state index in [0.717, 1.165) is 17.8 Å². The minimum absolute atomic E-state index is 0.0669. The summed E-state index contributed by atoms with van der Waals surface area (Å²) in [5.74, 6) is -3.18. The number of nitrogens with one attached hydrogen (secondary N) is 1. The van der Waals surface area contributed by atoms with Crippen molar-refractivity contribution in [1.82, 2.24) is 4.98 Å². The summed E-state index contributed by atoms with van der Waals surface area (Å²) < 4.78 is 32.4. The topological polar surface area (TPSA) is 75.4 Å². The van der Waals surface area contributed by atoms with Gasteiger partial charge in [-0.05, 0) is 26.0 Å². The molecule has 2 N–H and O–H groups in total. The number of hydrogen-bond acceptors (Lipinski definition) is 4. The Morgan fingerprint density at radius 1 is 1.35 bits per heavy atom. The molecule has 0 aliphatic carbocycles. The Labute approximate surface area is 113 Å². The van der Waals surface area contributed by atoms with Crippen molar-refractivity contribution in [3.63, 3.8) is 0 Å². The molecule has 0 spiro atoms. The van der Waals surface area contributed by atoms with Gasteiger partial charge in [0.1, 0.15) is 5.76 Å². The first-order chi connectivity index (χ1) is 9.40. The van der Waals surface area contributed by atoms with Gasteiger partial charge in [-0.15, -0.1) is 0 Å². The highest BCUT2D eigenvalue weighted by atomic mass is 19.2. The zero-order valence-corrected chi connectivity index (χ0v) is 10.8. The lowest BCUT2D eigenvalue weighted by molar-refractivity contribution is 0.0690. The largest absolute Gasteiger partial charge is 0.478 e. The zero-order chi connectivity index (χ0) is 14.9. The van der Waals surface area contributed by atoms with Gasteiger partial charge in [-0.3, -0.25) is 0 Å². The summed E-state index contributed by atoms with van der Waals surface area (Å²) in [5, 5.41) is 11.3. The summed E-state index contributed by atoms with van der Waals surface area (Å²) in [6, 6.07) is 2.15. The van der Waals surface area contributed by atoms with Crippen molar-refractivity contribution in [2.45, 2.75) is 20.4 Å². The third kappa shape index (κ3) is 2.61.